The molecular formula is C12H13NO2. The van der Waals surface area contributed by atoms with Gasteiger partial charge in [-0.1, -0.05) is 18.2 Å². The van der Waals surface area contributed by atoms with E-state index in [1.165, 1.54) is 0 Å². The number of rotatable bonds is 3. The highest BCUT2D eigenvalue weighted by atomic mass is 16.2. The highest BCUT2D eigenvalue weighted by molar-refractivity contribution is 6.26. The number of carbonyl (C=O) groups excluding carboxylic acids is 2. The summed E-state index contributed by atoms with van der Waals surface area (Å²) in [6.07, 6.45) is 1.23. The second-order valence-corrected chi connectivity index (χ2v) is 3.79. The van der Waals surface area contributed by atoms with Crippen molar-refractivity contribution < 1.29 is 9.59 Å². The molecule has 2 rings (SSSR count). The Morgan fingerprint density at radius 3 is 2.73 bits per heavy atom. The van der Waals surface area contributed by atoms with Gasteiger partial charge in [0.2, 0.25) is 0 Å². The van der Waals surface area contributed by atoms with Crippen molar-refractivity contribution in [2.75, 3.05) is 18.0 Å². The molecule has 1 saturated heterocycles. The summed E-state index contributed by atoms with van der Waals surface area (Å²) in [5.41, 5.74) is 1.12. The van der Waals surface area contributed by atoms with Gasteiger partial charge in [-0.3, -0.25) is 9.59 Å². The minimum atomic E-state index is -0.270. The molecule has 0 aliphatic carbocycles. The second-order valence-electron chi connectivity index (χ2n) is 3.79. The Hall–Kier alpha value is -1.64. The number of ketones is 1. The van der Waals surface area contributed by atoms with E-state index >= 15 is 0 Å². The summed E-state index contributed by atoms with van der Waals surface area (Å²) < 4.78 is 0. The van der Waals surface area contributed by atoms with Gasteiger partial charge in [-0.15, -0.1) is 0 Å². The van der Waals surface area contributed by atoms with E-state index < -0.39 is 0 Å². The lowest BCUT2D eigenvalue weighted by atomic mass is 10.1. The smallest absolute Gasteiger partial charge is 0.200 e. The minimum Gasteiger partial charge on any atom is -0.371 e. The number of carbonyl (C=O) groups is 2. The molecule has 1 atom stereocenters. The Morgan fingerprint density at radius 1 is 1.33 bits per heavy atom. The fraction of sp³-hybridized carbons (Fsp3) is 0.333. The molecule has 0 spiro atoms. The van der Waals surface area contributed by atoms with Crippen molar-refractivity contribution in [3.8, 4) is 0 Å². The molecule has 1 fully saturated rings. The Kier molecular flexibility index (Phi) is 2.81. The molecule has 0 aromatic heterocycles. The number of nitrogens with zero attached hydrogens (tertiary/aromatic N) is 1. The van der Waals surface area contributed by atoms with Crippen LogP contribution in [-0.4, -0.2) is 25.2 Å². The normalized spacial score (nSPS) is 20.3. The van der Waals surface area contributed by atoms with Gasteiger partial charge in [0.1, 0.15) is 0 Å². The number of hydrogen-bond acceptors (Lipinski definition) is 3. The van der Waals surface area contributed by atoms with Gasteiger partial charge >= 0.3 is 0 Å². The first-order chi connectivity index (χ1) is 7.31. The zero-order valence-corrected chi connectivity index (χ0v) is 8.43. The largest absolute Gasteiger partial charge is 0.371 e. The van der Waals surface area contributed by atoms with Gasteiger partial charge in [0.25, 0.3) is 0 Å². The molecule has 0 N–H and O–H groups in total. The zero-order valence-electron chi connectivity index (χ0n) is 8.43. The van der Waals surface area contributed by atoms with Crippen LogP contribution in [-0.2, 0) is 9.59 Å². The quantitative estimate of drug-likeness (QED) is 0.548. The molecule has 1 unspecified atom stereocenters. The van der Waals surface area contributed by atoms with Crippen LogP contribution in [0.15, 0.2) is 30.3 Å². The summed E-state index contributed by atoms with van der Waals surface area (Å²) in [4.78, 5) is 23.7. The molecule has 1 aromatic rings. The van der Waals surface area contributed by atoms with Gasteiger partial charge in [-0.25, -0.2) is 0 Å². The van der Waals surface area contributed by atoms with Gasteiger partial charge in [0.05, 0.1) is 0 Å². The van der Waals surface area contributed by atoms with Gasteiger partial charge in [0, 0.05) is 24.7 Å². The minimum absolute atomic E-state index is 0.109. The fourth-order valence-electron chi connectivity index (χ4n) is 1.96. The SMILES string of the molecule is O=CC(=O)C1CCN(c2ccccc2)C1. The summed E-state index contributed by atoms with van der Waals surface area (Å²) in [5, 5.41) is 0. The van der Waals surface area contributed by atoms with Crippen molar-refractivity contribution in [2.24, 2.45) is 5.92 Å². The average Bonchev–Trinajstić information content (AvgIpc) is 2.78. The van der Waals surface area contributed by atoms with Crippen molar-refractivity contribution in [1.82, 2.24) is 0 Å². The number of para-hydroxylation sites is 1. The summed E-state index contributed by atoms with van der Waals surface area (Å²) in [6, 6.07) is 9.96. The first-order valence-electron chi connectivity index (χ1n) is 5.10. The highest BCUT2D eigenvalue weighted by Gasteiger charge is 2.27. The maximum absolute atomic E-state index is 11.2. The van der Waals surface area contributed by atoms with Gasteiger partial charge in [-0.05, 0) is 18.6 Å². The monoisotopic (exact) mass is 203 g/mol. The van der Waals surface area contributed by atoms with E-state index in [0.717, 1.165) is 18.7 Å². The van der Waals surface area contributed by atoms with Gasteiger partial charge < -0.3 is 4.90 Å². The lowest BCUT2D eigenvalue weighted by molar-refractivity contribution is -0.132. The van der Waals surface area contributed by atoms with Crippen LogP contribution in [0.2, 0.25) is 0 Å². The van der Waals surface area contributed by atoms with Crippen molar-refractivity contribution in [3.63, 3.8) is 0 Å². The molecule has 0 radical (unpaired) electrons. The van der Waals surface area contributed by atoms with E-state index in [-0.39, 0.29) is 11.7 Å². The van der Waals surface area contributed by atoms with Crippen LogP contribution in [0.4, 0.5) is 5.69 Å². The van der Waals surface area contributed by atoms with E-state index in [2.05, 4.69) is 4.90 Å². The summed E-state index contributed by atoms with van der Waals surface area (Å²) in [6.45, 7) is 1.52. The van der Waals surface area contributed by atoms with E-state index in [1.807, 2.05) is 30.3 Å². The maximum atomic E-state index is 11.2. The highest BCUT2D eigenvalue weighted by Crippen LogP contribution is 2.23. The van der Waals surface area contributed by atoms with Gasteiger partial charge in [-0.2, -0.15) is 0 Å². The Labute approximate surface area is 88.7 Å². The summed E-state index contributed by atoms with van der Waals surface area (Å²) >= 11 is 0. The van der Waals surface area contributed by atoms with E-state index in [1.54, 1.807) is 0 Å². The first-order valence-corrected chi connectivity index (χ1v) is 5.10. The second kappa shape index (κ2) is 4.26. The Morgan fingerprint density at radius 2 is 2.07 bits per heavy atom. The van der Waals surface area contributed by atoms with Crippen molar-refractivity contribution in [1.29, 1.82) is 0 Å². The number of aldehydes is 1. The van der Waals surface area contributed by atoms with Crippen LogP contribution in [0.1, 0.15) is 6.42 Å². The van der Waals surface area contributed by atoms with Gasteiger partial charge in [0.15, 0.2) is 12.1 Å². The molecule has 1 heterocycles. The zero-order chi connectivity index (χ0) is 10.7. The van der Waals surface area contributed by atoms with Crippen molar-refractivity contribution >= 4 is 17.8 Å². The van der Waals surface area contributed by atoms with E-state index in [4.69, 9.17) is 0 Å². The van der Waals surface area contributed by atoms with Crippen LogP contribution in [0.3, 0.4) is 0 Å². The summed E-state index contributed by atoms with van der Waals surface area (Å²) in [7, 11) is 0. The molecule has 3 nitrogen and oxygen atoms in total. The number of hydrogen-bond donors (Lipinski definition) is 0. The average molecular weight is 203 g/mol. The molecule has 3 heteroatoms. The molecular weight excluding hydrogens is 190 g/mol. The third-order valence-corrected chi connectivity index (χ3v) is 2.83. The molecule has 0 amide bonds. The standard InChI is InChI=1S/C12H13NO2/c14-9-12(15)10-6-7-13(8-10)11-4-2-1-3-5-11/h1-5,9-10H,6-8H2. The lowest BCUT2D eigenvalue weighted by Crippen LogP contribution is -2.23. The van der Waals surface area contributed by atoms with Crippen LogP contribution >= 0.6 is 0 Å². The van der Waals surface area contributed by atoms with Crippen LogP contribution in [0.25, 0.3) is 0 Å². The molecule has 15 heavy (non-hydrogen) atoms. The van der Waals surface area contributed by atoms with E-state index in [0.29, 0.717) is 12.8 Å². The molecule has 1 aliphatic heterocycles. The lowest BCUT2D eigenvalue weighted by Gasteiger charge is -2.17. The fourth-order valence-corrected chi connectivity index (χ4v) is 1.96. The topological polar surface area (TPSA) is 37.4 Å². The van der Waals surface area contributed by atoms with Crippen LogP contribution in [0, 0.1) is 5.92 Å². The molecule has 1 aliphatic rings. The van der Waals surface area contributed by atoms with Crippen molar-refractivity contribution in [3.05, 3.63) is 30.3 Å². The summed E-state index contributed by atoms with van der Waals surface area (Å²) in [5.74, 6) is -0.379. The van der Waals surface area contributed by atoms with Crippen LogP contribution in [0.5, 0.6) is 0 Å². The van der Waals surface area contributed by atoms with Crippen molar-refractivity contribution in [2.45, 2.75) is 6.42 Å². The Bertz CT molecular complexity index is 361. The van der Waals surface area contributed by atoms with Crippen LogP contribution < -0.4 is 4.90 Å². The molecule has 1 aromatic carbocycles. The molecule has 0 saturated carbocycles. The predicted molar refractivity (Wildman–Crippen MR) is 57.8 cm³/mol. The number of benzene rings is 1. The number of Topliss-reactive ketones (excluding diaryl/α,β-unsaturated/α-hetero) is 1. The Balaban J connectivity index is 2.05. The molecule has 0 bridgehead atoms. The number of anilines is 1. The molecule has 78 valence electrons. The third-order valence-electron chi connectivity index (χ3n) is 2.83. The maximum Gasteiger partial charge on any atom is 0.200 e. The van der Waals surface area contributed by atoms with E-state index in [9.17, 15) is 9.59 Å². The first kappa shape index (κ1) is 9.90. The third kappa shape index (κ3) is 2.06. The predicted octanol–water partition coefficient (Wildman–Crippen LogP) is 1.28.